The molecule has 0 spiro atoms. The molecule has 0 saturated heterocycles. The van der Waals surface area contributed by atoms with E-state index in [9.17, 15) is 26.7 Å². The van der Waals surface area contributed by atoms with Crippen molar-refractivity contribution >= 4 is 5.97 Å². The van der Waals surface area contributed by atoms with Crippen molar-refractivity contribution < 1.29 is 31.5 Å². The largest absolute Gasteiger partial charge is 0.420 e. The fraction of sp³-hybridized carbons (Fsp3) is 0.417. The number of nitrogens with two attached hydrogens (primary N) is 1. The number of carbonyl (C=O) groups is 1. The van der Waals surface area contributed by atoms with Crippen LogP contribution in [0.5, 0.6) is 5.75 Å². The summed E-state index contributed by atoms with van der Waals surface area (Å²) in [6.45, 7) is 0.423. The van der Waals surface area contributed by atoms with E-state index in [-0.39, 0.29) is 6.42 Å². The smallest absolute Gasteiger partial charge is 0.311 e. The van der Waals surface area contributed by atoms with Crippen LogP contribution < -0.4 is 10.5 Å². The van der Waals surface area contributed by atoms with E-state index < -0.39 is 40.8 Å². The molecular formula is C12H12F5NO2. The van der Waals surface area contributed by atoms with E-state index in [4.69, 9.17) is 5.73 Å². The third-order valence-corrected chi connectivity index (χ3v) is 2.47. The van der Waals surface area contributed by atoms with E-state index in [1.807, 2.05) is 0 Å². The van der Waals surface area contributed by atoms with Crippen molar-refractivity contribution in [3.63, 3.8) is 0 Å². The summed E-state index contributed by atoms with van der Waals surface area (Å²) in [6, 6.07) is 0. The first-order valence-corrected chi connectivity index (χ1v) is 5.82. The maximum absolute atomic E-state index is 13.2. The summed E-state index contributed by atoms with van der Waals surface area (Å²) in [5.74, 6) is -13.6. The number of unbranched alkanes of at least 4 members (excludes halogenated alkanes) is 2. The molecule has 20 heavy (non-hydrogen) atoms. The second-order valence-electron chi connectivity index (χ2n) is 3.97. The first-order chi connectivity index (χ1) is 9.40. The molecule has 0 aliphatic heterocycles. The van der Waals surface area contributed by atoms with Crippen molar-refractivity contribution in [1.29, 1.82) is 0 Å². The topological polar surface area (TPSA) is 52.3 Å². The van der Waals surface area contributed by atoms with Crippen LogP contribution in [0, 0.1) is 29.1 Å². The van der Waals surface area contributed by atoms with Gasteiger partial charge in [-0.05, 0) is 19.4 Å². The lowest BCUT2D eigenvalue weighted by Gasteiger charge is -2.08. The monoisotopic (exact) mass is 297 g/mol. The summed E-state index contributed by atoms with van der Waals surface area (Å²) in [6.07, 6.45) is 1.36. The quantitative estimate of drug-likeness (QED) is 0.219. The highest BCUT2D eigenvalue weighted by Gasteiger charge is 2.28. The van der Waals surface area contributed by atoms with Crippen LogP contribution in [0.2, 0.25) is 0 Å². The molecule has 0 unspecified atom stereocenters. The van der Waals surface area contributed by atoms with Crippen molar-refractivity contribution in [1.82, 2.24) is 0 Å². The van der Waals surface area contributed by atoms with Gasteiger partial charge in [0.15, 0.2) is 0 Å². The van der Waals surface area contributed by atoms with Crippen LogP contribution in [0.15, 0.2) is 0 Å². The average Bonchev–Trinajstić information content (AvgIpc) is 2.44. The van der Waals surface area contributed by atoms with Crippen molar-refractivity contribution in [2.75, 3.05) is 6.54 Å². The lowest BCUT2D eigenvalue weighted by Crippen LogP contribution is -2.13. The second-order valence-corrected chi connectivity index (χ2v) is 3.97. The van der Waals surface area contributed by atoms with Gasteiger partial charge in [0.05, 0.1) is 0 Å². The number of hydrogen-bond donors (Lipinski definition) is 1. The molecule has 0 aliphatic carbocycles. The van der Waals surface area contributed by atoms with Gasteiger partial charge in [-0.2, -0.15) is 8.78 Å². The minimum Gasteiger partial charge on any atom is -0.420 e. The summed E-state index contributed by atoms with van der Waals surface area (Å²) in [5.41, 5.74) is 5.22. The van der Waals surface area contributed by atoms with Gasteiger partial charge >= 0.3 is 5.97 Å². The number of hydrogen-bond acceptors (Lipinski definition) is 3. The van der Waals surface area contributed by atoms with E-state index in [0.717, 1.165) is 0 Å². The van der Waals surface area contributed by atoms with Crippen molar-refractivity contribution in [2.45, 2.75) is 25.7 Å². The molecule has 1 rings (SSSR count). The molecule has 0 saturated carbocycles. The lowest BCUT2D eigenvalue weighted by atomic mass is 10.2. The molecule has 0 radical (unpaired) electrons. The zero-order chi connectivity index (χ0) is 15.3. The Morgan fingerprint density at radius 2 is 1.35 bits per heavy atom. The molecule has 0 atom stereocenters. The second kappa shape index (κ2) is 7.18. The van der Waals surface area contributed by atoms with Gasteiger partial charge in [0, 0.05) is 6.42 Å². The van der Waals surface area contributed by atoms with E-state index >= 15 is 0 Å². The molecular weight excluding hydrogens is 285 g/mol. The van der Waals surface area contributed by atoms with E-state index in [1.54, 1.807) is 0 Å². The molecule has 3 nitrogen and oxygen atoms in total. The Kier molecular flexibility index (Phi) is 5.87. The SMILES string of the molecule is NCCCCCC(=O)Oc1c(F)c(F)c(F)c(F)c1F. The lowest BCUT2D eigenvalue weighted by molar-refractivity contribution is -0.135. The summed E-state index contributed by atoms with van der Waals surface area (Å²) < 4.78 is 69.0. The Morgan fingerprint density at radius 1 is 0.850 bits per heavy atom. The van der Waals surface area contributed by atoms with Gasteiger partial charge in [0.2, 0.25) is 34.8 Å². The molecule has 0 aromatic heterocycles. The first-order valence-electron chi connectivity index (χ1n) is 5.82. The number of ether oxygens (including phenoxy) is 1. The fourth-order valence-electron chi connectivity index (χ4n) is 1.43. The standard InChI is InChI=1S/C12H12F5NO2/c13-7-8(14)10(16)12(11(17)9(7)15)20-6(19)4-2-1-3-5-18/h1-5,18H2. The van der Waals surface area contributed by atoms with Gasteiger partial charge in [0.1, 0.15) is 0 Å². The Hall–Kier alpha value is -1.70. The number of halogens is 5. The predicted octanol–water partition coefficient (Wildman–Crippen LogP) is 2.81. The normalized spacial score (nSPS) is 10.7. The van der Waals surface area contributed by atoms with Gasteiger partial charge in [-0.1, -0.05) is 6.42 Å². The number of rotatable bonds is 6. The van der Waals surface area contributed by atoms with Gasteiger partial charge in [-0.15, -0.1) is 0 Å². The number of benzene rings is 1. The van der Waals surface area contributed by atoms with Gasteiger partial charge in [-0.3, -0.25) is 4.79 Å². The summed E-state index contributed by atoms with van der Waals surface area (Å²) in [4.78, 5) is 11.3. The van der Waals surface area contributed by atoms with E-state index in [2.05, 4.69) is 4.74 Å². The maximum atomic E-state index is 13.2. The van der Waals surface area contributed by atoms with Crippen molar-refractivity contribution in [2.24, 2.45) is 5.73 Å². The Bertz CT molecular complexity index is 478. The summed E-state index contributed by atoms with van der Waals surface area (Å²) in [5, 5.41) is 0. The fourth-order valence-corrected chi connectivity index (χ4v) is 1.43. The number of esters is 1. The van der Waals surface area contributed by atoms with Gasteiger partial charge in [0.25, 0.3) is 0 Å². The molecule has 0 bridgehead atoms. The highest BCUT2D eigenvalue weighted by atomic mass is 19.2. The van der Waals surface area contributed by atoms with Crippen LogP contribution in [0.25, 0.3) is 0 Å². The molecule has 0 amide bonds. The molecule has 112 valence electrons. The van der Waals surface area contributed by atoms with Crippen LogP contribution in [0.3, 0.4) is 0 Å². The van der Waals surface area contributed by atoms with Crippen molar-refractivity contribution in [3.8, 4) is 5.75 Å². The van der Waals surface area contributed by atoms with Crippen LogP contribution in [-0.2, 0) is 4.79 Å². The average molecular weight is 297 g/mol. The third kappa shape index (κ3) is 3.66. The minimum atomic E-state index is -2.30. The summed E-state index contributed by atoms with van der Waals surface area (Å²) in [7, 11) is 0. The predicted molar refractivity (Wildman–Crippen MR) is 59.4 cm³/mol. The third-order valence-electron chi connectivity index (χ3n) is 2.47. The molecule has 8 heteroatoms. The Morgan fingerprint density at radius 3 is 1.85 bits per heavy atom. The zero-order valence-corrected chi connectivity index (χ0v) is 10.3. The molecule has 0 aliphatic rings. The Balaban J connectivity index is 2.80. The molecule has 0 heterocycles. The van der Waals surface area contributed by atoms with Gasteiger partial charge in [-0.25, -0.2) is 13.2 Å². The number of carbonyl (C=O) groups excluding carboxylic acids is 1. The molecule has 0 fully saturated rings. The first kappa shape index (κ1) is 16.4. The minimum absolute atomic E-state index is 0.209. The molecule has 1 aromatic rings. The highest BCUT2D eigenvalue weighted by Crippen LogP contribution is 2.29. The Labute approximate surface area is 111 Å². The van der Waals surface area contributed by atoms with E-state index in [0.29, 0.717) is 25.8 Å². The molecule has 2 N–H and O–H groups in total. The van der Waals surface area contributed by atoms with Crippen molar-refractivity contribution in [3.05, 3.63) is 29.1 Å². The zero-order valence-electron chi connectivity index (χ0n) is 10.3. The maximum Gasteiger partial charge on any atom is 0.311 e. The van der Waals surface area contributed by atoms with Crippen LogP contribution in [-0.4, -0.2) is 12.5 Å². The van der Waals surface area contributed by atoms with Crippen LogP contribution >= 0.6 is 0 Å². The molecule has 1 aromatic carbocycles. The van der Waals surface area contributed by atoms with E-state index in [1.165, 1.54) is 0 Å². The van der Waals surface area contributed by atoms with Crippen LogP contribution in [0.1, 0.15) is 25.7 Å². The highest BCUT2D eigenvalue weighted by molar-refractivity contribution is 5.72. The van der Waals surface area contributed by atoms with Crippen LogP contribution in [0.4, 0.5) is 22.0 Å². The van der Waals surface area contributed by atoms with Gasteiger partial charge < -0.3 is 10.5 Å². The summed E-state index contributed by atoms with van der Waals surface area (Å²) >= 11 is 0.